The average molecular weight is 270 g/mol. The lowest BCUT2D eigenvalue weighted by Crippen LogP contribution is -2.68. The summed E-state index contributed by atoms with van der Waals surface area (Å²) in [7, 11) is 0. The van der Waals surface area contributed by atoms with Crippen molar-refractivity contribution in [2.24, 2.45) is 0 Å². The molecule has 0 aliphatic carbocycles. The number of aliphatic carboxylic acids is 1. The second kappa shape index (κ2) is 5.43. The molecule has 106 valence electrons. The Morgan fingerprint density at radius 2 is 1.94 bits per heavy atom. The third kappa shape index (κ3) is 2.46. The van der Waals surface area contributed by atoms with Gasteiger partial charge < -0.3 is 35.4 Å². The van der Waals surface area contributed by atoms with E-state index in [0.29, 0.717) is 0 Å². The smallest absolute Gasteiger partial charge is 0.367 e. The van der Waals surface area contributed by atoms with E-state index in [1.165, 1.54) is 0 Å². The number of carboxylic acids is 1. The van der Waals surface area contributed by atoms with E-state index in [2.05, 4.69) is 4.74 Å². The van der Waals surface area contributed by atoms with Crippen LogP contribution in [0.2, 0.25) is 0 Å². The van der Waals surface area contributed by atoms with Crippen LogP contribution in [0.25, 0.3) is 0 Å². The fourth-order valence-corrected chi connectivity index (χ4v) is 1.71. The maximum absolute atomic E-state index is 13.5. The van der Waals surface area contributed by atoms with Crippen molar-refractivity contribution in [3.8, 4) is 0 Å². The quantitative estimate of drug-likeness (QED) is 0.316. The molecule has 0 amide bonds. The highest BCUT2D eigenvalue weighted by Crippen LogP contribution is 2.32. The maximum Gasteiger partial charge on any atom is 0.367 e. The zero-order valence-electron chi connectivity index (χ0n) is 9.18. The van der Waals surface area contributed by atoms with E-state index in [1.807, 2.05) is 0 Å². The molecule has 9 heteroatoms. The Bertz CT molecular complexity index is 313. The van der Waals surface area contributed by atoms with Crippen LogP contribution >= 0.6 is 0 Å². The zero-order chi connectivity index (χ0) is 14.1. The van der Waals surface area contributed by atoms with Crippen LogP contribution in [0.1, 0.15) is 6.42 Å². The fourth-order valence-electron chi connectivity index (χ4n) is 1.71. The van der Waals surface area contributed by atoms with Gasteiger partial charge in [-0.1, -0.05) is 0 Å². The minimum Gasteiger partial charge on any atom is -0.477 e. The lowest BCUT2D eigenvalue weighted by molar-refractivity contribution is -0.333. The van der Waals surface area contributed by atoms with Gasteiger partial charge in [-0.3, -0.25) is 0 Å². The van der Waals surface area contributed by atoms with Crippen LogP contribution in [0.5, 0.6) is 0 Å². The molecule has 1 aliphatic rings. The number of aliphatic hydroxyl groups excluding tert-OH is 4. The van der Waals surface area contributed by atoms with Gasteiger partial charge in [0.15, 0.2) is 6.17 Å². The van der Waals surface area contributed by atoms with Gasteiger partial charge in [0.05, 0.1) is 6.10 Å². The Kier molecular flexibility index (Phi) is 4.59. The molecule has 1 saturated heterocycles. The molecule has 6 N–H and O–H groups in total. The lowest BCUT2D eigenvalue weighted by Gasteiger charge is -2.43. The van der Waals surface area contributed by atoms with Crippen molar-refractivity contribution in [3.05, 3.63) is 0 Å². The highest BCUT2D eigenvalue weighted by Gasteiger charge is 2.60. The molecular weight excluding hydrogens is 255 g/mol. The van der Waals surface area contributed by atoms with Gasteiger partial charge in [0.2, 0.25) is 0 Å². The molecule has 8 nitrogen and oxygen atoms in total. The van der Waals surface area contributed by atoms with Gasteiger partial charge in [-0.25, -0.2) is 9.18 Å². The zero-order valence-corrected chi connectivity index (χ0v) is 9.18. The molecule has 18 heavy (non-hydrogen) atoms. The summed E-state index contributed by atoms with van der Waals surface area (Å²) in [5, 5.41) is 55.0. The van der Waals surface area contributed by atoms with Crippen molar-refractivity contribution >= 4 is 5.97 Å². The minimum atomic E-state index is -3.36. The molecule has 1 rings (SSSR count). The number of halogens is 1. The van der Waals surface area contributed by atoms with E-state index in [9.17, 15) is 29.6 Å². The number of alkyl halides is 1. The van der Waals surface area contributed by atoms with E-state index in [0.717, 1.165) is 0 Å². The first-order valence-corrected chi connectivity index (χ1v) is 5.18. The second-order valence-electron chi connectivity index (χ2n) is 4.05. The van der Waals surface area contributed by atoms with Crippen LogP contribution in [0, 0.1) is 0 Å². The molecule has 1 unspecified atom stereocenters. The molecular formula is C9H15FO8. The molecule has 0 bridgehead atoms. The van der Waals surface area contributed by atoms with Crippen LogP contribution in [0.3, 0.4) is 0 Å². The summed E-state index contributed by atoms with van der Waals surface area (Å²) in [6, 6.07) is 0. The molecule has 0 aromatic heterocycles. The Morgan fingerprint density at radius 1 is 1.39 bits per heavy atom. The first kappa shape index (κ1) is 15.2. The van der Waals surface area contributed by atoms with Crippen molar-refractivity contribution < 1.29 is 44.6 Å². The number of carboxylic acid groups (broad SMARTS) is 1. The van der Waals surface area contributed by atoms with E-state index in [-0.39, 0.29) is 6.42 Å². The number of aliphatic hydroxyl groups is 5. The van der Waals surface area contributed by atoms with Gasteiger partial charge in [-0.15, -0.1) is 0 Å². The van der Waals surface area contributed by atoms with E-state index >= 15 is 0 Å². The van der Waals surface area contributed by atoms with Gasteiger partial charge in [0.25, 0.3) is 0 Å². The second-order valence-corrected chi connectivity index (χ2v) is 4.05. The highest BCUT2D eigenvalue weighted by atomic mass is 19.1. The third-order valence-corrected chi connectivity index (χ3v) is 2.79. The third-order valence-electron chi connectivity index (χ3n) is 2.79. The first-order chi connectivity index (χ1) is 8.25. The van der Waals surface area contributed by atoms with E-state index in [1.54, 1.807) is 0 Å². The summed E-state index contributed by atoms with van der Waals surface area (Å²) >= 11 is 0. The van der Waals surface area contributed by atoms with Gasteiger partial charge >= 0.3 is 11.8 Å². The normalized spacial score (nSPS) is 42.6. The number of rotatable bonds is 4. The van der Waals surface area contributed by atoms with Crippen molar-refractivity contribution in [2.75, 3.05) is 6.61 Å². The Morgan fingerprint density at radius 3 is 2.39 bits per heavy atom. The molecule has 0 spiro atoms. The summed E-state index contributed by atoms with van der Waals surface area (Å²) in [6.07, 6.45) is -10.6. The number of ether oxygens (including phenoxy) is 1. The minimum absolute atomic E-state index is 0.304. The van der Waals surface area contributed by atoms with Crippen molar-refractivity contribution in [1.82, 2.24) is 0 Å². The molecule has 0 radical (unpaired) electrons. The number of hydrogen-bond acceptors (Lipinski definition) is 7. The van der Waals surface area contributed by atoms with E-state index in [4.69, 9.17) is 10.2 Å². The Labute approximate surface area is 101 Å². The average Bonchev–Trinajstić information content (AvgIpc) is 2.31. The van der Waals surface area contributed by atoms with Gasteiger partial charge in [-0.2, -0.15) is 0 Å². The Balaban J connectivity index is 2.97. The number of carbonyl (C=O) groups is 1. The van der Waals surface area contributed by atoms with Crippen LogP contribution in [-0.4, -0.2) is 79.6 Å². The fraction of sp³-hybridized carbons (Fsp3) is 0.889. The summed E-state index contributed by atoms with van der Waals surface area (Å²) in [4.78, 5) is 10.7. The summed E-state index contributed by atoms with van der Waals surface area (Å²) in [5.74, 6) is -5.46. The topological polar surface area (TPSA) is 148 Å². The molecule has 0 aromatic rings. The highest BCUT2D eigenvalue weighted by molar-refractivity contribution is 5.76. The van der Waals surface area contributed by atoms with Crippen LogP contribution in [0.15, 0.2) is 0 Å². The summed E-state index contributed by atoms with van der Waals surface area (Å²) in [6.45, 7) is -0.506. The first-order valence-electron chi connectivity index (χ1n) is 5.18. The monoisotopic (exact) mass is 270 g/mol. The SMILES string of the molecule is O=C(O)[C@]1(O)OC([C@H](O)CCO)[C@H](O)[C@H](O)[C@H]1F. The summed E-state index contributed by atoms with van der Waals surface area (Å²) in [5.41, 5.74) is 0. The maximum atomic E-state index is 13.5. The largest absolute Gasteiger partial charge is 0.477 e. The molecule has 1 fully saturated rings. The summed E-state index contributed by atoms with van der Waals surface area (Å²) < 4.78 is 17.9. The van der Waals surface area contributed by atoms with Crippen LogP contribution < -0.4 is 0 Å². The predicted molar refractivity (Wildman–Crippen MR) is 52.1 cm³/mol. The Hall–Kier alpha value is -0.840. The van der Waals surface area contributed by atoms with Crippen molar-refractivity contribution in [3.63, 3.8) is 0 Å². The van der Waals surface area contributed by atoms with Gasteiger partial charge in [0.1, 0.15) is 18.3 Å². The van der Waals surface area contributed by atoms with E-state index < -0.39 is 49.0 Å². The molecule has 6 atom stereocenters. The van der Waals surface area contributed by atoms with Gasteiger partial charge in [0, 0.05) is 6.61 Å². The van der Waals surface area contributed by atoms with Crippen molar-refractivity contribution in [2.45, 2.75) is 42.8 Å². The molecule has 0 aromatic carbocycles. The molecule has 1 heterocycles. The van der Waals surface area contributed by atoms with Crippen LogP contribution in [-0.2, 0) is 9.53 Å². The van der Waals surface area contributed by atoms with Gasteiger partial charge in [-0.05, 0) is 6.42 Å². The standard InChI is InChI=1S/C9H15FO8/c10-7-5(14)4(13)6(3(12)1-2-11)18-9(7,17)8(15)16/h3-7,11-14,17H,1-2H2,(H,15,16)/t3-,4-,5+,6?,7-,9-/m1/s1. The van der Waals surface area contributed by atoms with Crippen molar-refractivity contribution in [1.29, 1.82) is 0 Å². The number of hydrogen-bond donors (Lipinski definition) is 6. The molecule has 0 saturated carbocycles. The lowest BCUT2D eigenvalue weighted by atomic mass is 9.90. The molecule has 1 aliphatic heterocycles. The van der Waals surface area contributed by atoms with Crippen LogP contribution in [0.4, 0.5) is 4.39 Å². The predicted octanol–water partition coefficient (Wildman–Crippen LogP) is -3.04.